The average Bonchev–Trinajstić information content (AvgIpc) is 2.89. The summed E-state index contributed by atoms with van der Waals surface area (Å²) in [7, 11) is 0. The molecule has 0 unspecified atom stereocenters. The first-order valence-electron chi connectivity index (χ1n) is 8.40. The predicted octanol–water partition coefficient (Wildman–Crippen LogP) is 3.24. The van der Waals surface area contributed by atoms with E-state index in [-0.39, 0.29) is 11.6 Å². The number of phenols is 1. The van der Waals surface area contributed by atoms with E-state index in [0.29, 0.717) is 18.2 Å². The molecule has 2 aromatic rings. The molecular formula is C16H21N5O8. The molecule has 1 N–H and O–H groups in total. The molecule has 0 spiro atoms. The predicted molar refractivity (Wildman–Crippen MR) is 102 cm³/mol. The Bertz CT molecular complexity index is 970. The Morgan fingerprint density at radius 3 is 1.52 bits per heavy atom. The third-order valence-electron chi connectivity index (χ3n) is 3.79. The largest absolute Gasteiger partial charge is 0.497 e. The number of benzene rings is 1. The Hall–Kier alpha value is -3.77. The zero-order valence-corrected chi connectivity index (χ0v) is 16.4. The molecule has 0 amide bonds. The number of nitrogens with zero attached hydrogens (tertiary/aromatic N) is 5. The van der Waals surface area contributed by atoms with Crippen LogP contribution in [0.4, 0.5) is 17.1 Å². The van der Waals surface area contributed by atoms with E-state index in [0.717, 1.165) is 5.69 Å². The van der Waals surface area contributed by atoms with Gasteiger partial charge in [0.1, 0.15) is 0 Å². The van der Waals surface area contributed by atoms with E-state index in [9.17, 15) is 35.1 Å². The Morgan fingerprint density at radius 2 is 1.24 bits per heavy atom. The first-order chi connectivity index (χ1) is 13.3. The van der Waals surface area contributed by atoms with Crippen molar-refractivity contribution < 1.29 is 19.9 Å². The van der Waals surface area contributed by atoms with Crippen molar-refractivity contribution in [2.75, 3.05) is 0 Å². The third kappa shape index (κ3) is 5.15. The van der Waals surface area contributed by atoms with Crippen LogP contribution in [0.15, 0.2) is 23.0 Å². The number of aryl methyl sites for hydroxylation is 1. The van der Waals surface area contributed by atoms with Gasteiger partial charge in [-0.05, 0) is 34.6 Å². The number of rotatable bonds is 5. The van der Waals surface area contributed by atoms with Gasteiger partial charge in [0.15, 0.2) is 0 Å². The molecule has 0 aliphatic heterocycles. The number of hydrogen-bond acceptors (Lipinski definition) is 8. The topological polar surface area (TPSA) is 177 Å². The van der Waals surface area contributed by atoms with Crippen LogP contribution in [-0.2, 0) is 0 Å². The molecule has 0 radical (unpaired) electrons. The molecule has 13 heteroatoms. The summed E-state index contributed by atoms with van der Waals surface area (Å²) in [6.07, 6.45) is 0. The highest BCUT2D eigenvalue weighted by Crippen LogP contribution is 2.38. The second-order valence-corrected chi connectivity index (χ2v) is 6.60. The molecule has 0 saturated carbocycles. The van der Waals surface area contributed by atoms with Crippen LogP contribution in [0.2, 0.25) is 0 Å². The van der Waals surface area contributed by atoms with E-state index in [1.165, 1.54) is 0 Å². The zero-order chi connectivity index (χ0) is 22.6. The number of nitro groups is 3. The van der Waals surface area contributed by atoms with Crippen molar-refractivity contribution in [3.63, 3.8) is 0 Å². The molecule has 0 aliphatic rings. The molecule has 0 saturated heterocycles. The summed E-state index contributed by atoms with van der Waals surface area (Å²) in [4.78, 5) is 39.3. The van der Waals surface area contributed by atoms with Gasteiger partial charge in [0.05, 0.1) is 26.9 Å². The van der Waals surface area contributed by atoms with Crippen LogP contribution in [-0.4, -0.2) is 29.2 Å². The summed E-state index contributed by atoms with van der Waals surface area (Å²) < 4.78 is 3.85. The molecule has 13 nitrogen and oxygen atoms in total. The first kappa shape index (κ1) is 23.3. The molecule has 158 valence electrons. The minimum atomic E-state index is -1.21. The molecule has 0 fully saturated rings. The molecule has 0 atom stereocenters. The van der Waals surface area contributed by atoms with E-state index in [4.69, 9.17) is 5.11 Å². The number of aromatic hydroxyl groups is 1. The van der Waals surface area contributed by atoms with Gasteiger partial charge in [-0.3, -0.25) is 39.8 Å². The van der Waals surface area contributed by atoms with Crippen LogP contribution in [0.3, 0.4) is 0 Å². The number of non-ortho nitro benzene ring substituents is 1. The van der Waals surface area contributed by atoms with Crippen molar-refractivity contribution >= 4 is 17.1 Å². The molecular weight excluding hydrogens is 390 g/mol. The van der Waals surface area contributed by atoms with Gasteiger partial charge in [0.2, 0.25) is 0 Å². The maximum absolute atomic E-state index is 11.5. The SMILES string of the molecule is Cc1cc(=O)n(C(C)C)n1C(C)C.O=[N+]([O-])c1cc([N+](=O)[O-])c(O)c([N+](=O)[O-])c1. The summed E-state index contributed by atoms with van der Waals surface area (Å²) in [5.74, 6) is -1.21. The Labute approximate surface area is 164 Å². The summed E-state index contributed by atoms with van der Waals surface area (Å²) >= 11 is 0. The van der Waals surface area contributed by atoms with Crippen molar-refractivity contribution in [1.29, 1.82) is 0 Å². The summed E-state index contributed by atoms with van der Waals surface area (Å²) in [6, 6.07) is 3.15. The zero-order valence-electron chi connectivity index (χ0n) is 16.4. The molecule has 29 heavy (non-hydrogen) atoms. The van der Waals surface area contributed by atoms with Gasteiger partial charge in [-0.2, -0.15) is 0 Å². The molecule has 1 heterocycles. The van der Waals surface area contributed by atoms with Crippen LogP contribution in [0.5, 0.6) is 5.75 Å². The molecule has 1 aromatic carbocycles. The number of aromatic nitrogens is 2. The van der Waals surface area contributed by atoms with E-state index >= 15 is 0 Å². The third-order valence-corrected chi connectivity index (χ3v) is 3.79. The first-order valence-corrected chi connectivity index (χ1v) is 8.40. The Morgan fingerprint density at radius 1 is 0.828 bits per heavy atom. The van der Waals surface area contributed by atoms with Gasteiger partial charge in [-0.1, -0.05) is 0 Å². The molecule has 2 rings (SSSR count). The Kier molecular flexibility index (Phi) is 7.18. The van der Waals surface area contributed by atoms with Gasteiger partial charge in [0.25, 0.3) is 17.0 Å². The van der Waals surface area contributed by atoms with Gasteiger partial charge < -0.3 is 5.11 Å². The smallest absolute Gasteiger partial charge is 0.324 e. The van der Waals surface area contributed by atoms with Crippen molar-refractivity contribution in [2.24, 2.45) is 0 Å². The highest BCUT2D eigenvalue weighted by atomic mass is 16.6. The minimum Gasteiger partial charge on any atom is -0.497 e. The lowest BCUT2D eigenvalue weighted by atomic mass is 10.2. The lowest BCUT2D eigenvalue weighted by Gasteiger charge is -2.19. The Balaban J connectivity index is 0.000000296. The molecule has 1 aromatic heterocycles. The van der Waals surface area contributed by atoms with Gasteiger partial charge >= 0.3 is 11.4 Å². The second-order valence-electron chi connectivity index (χ2n) is 6.60. The van der Waals surface area contributed by atoms with Gasteiger partial charge in [-0.25, -0.2) is 4.68 Å². The monoisotopic (exact) mass is 411 g/mol. The van der Waals surface area contributed by atoms with E-state index in [1.807, 2.05) is 25.5 Å². The average molecular weight is 411 g/mol. The fourth-order valence-corrected chi connectivity index (χ4v) is 2.72. The number of hydrogen-bond donors (Lipinski definition) is 1. The van der Waals surface area contributed by atoms with Crippen molar-refractivity contribution in [3.05, 3.63) is 64.6 Å². The van der Waals surface area contributed by atoms with E-state index in [1.54, 1.807) is 10.7 Å². The minimum absolute atomic E-state index is 0.0983. The van der Waals surface area contributed by atoms with Crippen molar-refractivity contribution in [2.45, 2.75) is 46.7 Å². The lowest BCUT2D eigenvalue weighted by molar-refractivity contribution is -0.404. The highest BCUT2D eigenvalue weighted by Gasteiger charge is 2.30. The van der Waals surface area contributed by atoms with Crippen LogP contribution in [0.1, 0.15) is 45.5 Å². The van der Waals surface area contributed by atoms with Crippen LogP contribution >= 0.6 is 0 Å². The quantitative estimate of drug-likeness (QED) is 0.575. The fraction of sp³-hybridized carbons (Fsp3) is 0.438. The number of phenolic OH excluding ortho intramolecular Hbond substituents is 1. The summed E-state index contributed by atoms with van der Waals surface area (Å²) in [6.45, 7) is 10.2. The standard InChI is InChI=1S/C10H18N2O.C6H3N3O7/c1-7(2)11-9(5)6-10(13)12(11)8(3)4;10-6-4(8(13)14)1-3(7(11)12)2-5(6)9(15)16/h6-8H,1-5H3;1-2,10H. The van der Waals surface area contributed by atoms with Crippen molar-refractivity contribution in [1.82, 2.24) is 9.36 Å². The van der Waals surface area contributed by atoms with Crippen LogP contribution in [0.25, 0.3) is 0 Å². The fourth-order valence-electron chi connectivity index (χ4n) is 2.72. The lowest BCUT2D eigenvalue weighted by Crippen LogP contribution is -2.26. The number of nitro benzene ring substituents is 3. The van der Waals surface area contributed by atoms with Crippen molar-refractivity contribution in [3.8, 4) is 5.75 Å². The van der Waals surface area contributed by atoms with E-state index < -0.39 is 37.6 Å². The molecule has 0 bridgehead atoms. The summed E-state index contributed by atoms with van der Waals surface area (Å²) in [5.41, 5.74) is -1.87. The second kappa shape index (κ2) is 8.95. The van der Waals surface area contributed by atoms with Gasteiger partial charge in [0, 0.05) is 23.8 Å². The van der Waals surface area contributed by atoms with Crippen LogP contribution < -0.4 is 5.56 Å². The normalized spacial score (nSPS) is 10.6. The maximum atomic E-state index is 11.5. The van der Waals surface area contributed by atoms with Gasteiger partial charge in [-0.15, -0.1) is 0 Å². The van der Waals surface area contributed by atoms with E-state index in [2.05, 4.69) is 13.8 Å². The summed E-state index contributed by atoms with van der Waals surface area (Å²) in [5, 5.41) is 40.2. The van der Waals surface area contributed by atoms with Crippen LogP contribution in [0, 0.1) is 37.3 Å². The molecule has 0 aliphatic carbocycles. The highest BCUT2D eigenvalue weighted by molar-refractivity contribution is 5.64. The maximum Gasteiger partial charge on any atom is 0.324 e.